The van der Waals surface area contributed by atoms with Gasteiger partial charge in [-0.1, -0.05) is 12.1 Å². The van der Waals surface area contributed by atoms with Crippen molar-refractivity contribution in [2.45, 2.75) is 25.7 Å². The van der Waals surface area contributed by atoms with Crippen molar-refractivity contribution in [2.24, 2.45) is 4.99 Å². The van der Waals surface area contributed by atoms with Gasteiger partial charge in [0.25, 0.3) is 5.91 Å². The summed E-state index contributed by atoms with van der Waals surface area (Å²) in [5.41, 5.74) is 2.09. The number of rotatable bonds is 6. The van der Waals surface area contributed by atoms with Gasteiger partial charge in [0.1, 0.15) is 5.75 Å². The van der Waals surface area contributed by atoms with E-state index in [1.54, 1.807) is 21.3 Å². The third kappa shape index (κ3) is 3.11. The van der Waals surface area contributed by atoms with Crippen LogP contribution in [0, 0.1) is 0 Å². The summed E-state index contributed by atoms with van der Waals surface area (Å²) in [5, 5.41) is 0. The van der Waals surface area contributed by atoms with Crippen molar-refractivity contribution in [2.75, 3.05) is 34.4 Å². The molecule has 9 heteroatoms. The molecule has 3 amide bonds. The number of methoxy groups -OCH3 is 2. The molecule has 1 fully saturated rings. The maximum absolute atomic E-state index is 13.1. The Morgan fingerprint density at radius 1 is 1.10 bits per heavy atom. The Morgan fingerprint density at radius 3 is 2.48 bits per heavy atom. The molecule has 3 aliphatic heterocycles. The van der Waals surface area contributed by atoms with Gasteiger partial charge in [-0.25, -0.2) is 9.79 Å². The zero-order valence-electron chi connectivity index (χ0n) is 17.0. The summed E-state index contributed by atoms with van der Waals surface area (Å²) in [7, 11) is 4.87. The van der Waals surface area contributed by atoms with Gasteiger partial charge in [-0.2, -0.15) is 0 Å². The molecule has 29 heavy (non-hydrogen) atoms. The highest BCUT2D eigenvalue weighted by Gasteiger charge is 2.54. The molecule has 9 nitrogen and oxygen atoms in total. The van der Waals surface area contributed by atoms with Crippen LogP contribution >= 0.6 is 0 Å². The van der Waals surface area contributed by atoms with Crippen LogP contribution in [0.1, 0.15) is 12.5 Å². The van der Waals surface area contributed by atoms with Gasteiger partial charge in [0.15, 0.2) is 12.2 Å². The van der Waals surface area contributed by atoms with Crippen LogP contribution in [0.25, 0.3) is 0 Å². The minimum atomic E-state index is -0.555. The predicted octanol–water partition coefficient (Wildman–Crippen LogP) is 1.28. The molecule has 1 aromatic carbocycles. The molecule has 4 rings (SSSR count). The maximum atomic E-state index is 13.1. The number of ether oxygens (including phenoxy) is 2. The third-order valence-electron chi connectivity index (χ3n) is 5.52. The van der Waals surface area contributed by atoms with E-state index in [1.165, 1.54) is 9.80 Å². The molecule has 0 aromatic heterocycles. The molecule has 1 saturated heterocycles. The molecule has 3 heterocycles. The minimum absolute atomic E-state index is 0.225. The highest BCUT2D eigenvalue weighted by atomic mass is 16.5. The Hall–Kier alpha value is -3.07. The Kier molecular flexibility index (Phi) is 4.91. The van der Waals surface area contributed by atoms with Gasteiger partial charge in [-0.05, 0) is 24.6 Å². The van der Waals surface area contributed by atoms with Crippen LogP contribution in [0.5, 0.6) is 5.75 Å². The molecule has 154 valence electrons. The van der Waals surface area contributed by atoms with E-state index in [0.717, 1.165) is 17.0 Å². The molecule has 3 aliphatic rings. The first-order valence-electron chi connectivity index (χ1n) is 9.48. The van der Waals surface area contributed by atoms with Crippen molar-refractivity contribution in [3.05, 3.63) is 41.7 Å². The average molecular weight is 399 g/mol. The van der Waals surface area contributed by atoms with Crippen molar-refractivity contribution in [3.8, 4) is 5.75 Å². The van der Waals surface area contributed by atoms with Crippen molar-refractivity contribution in [1.29, 1.82) is 0 Å². The highest BCUT2D eigenvalue weighted by Crippen LogP contribution is 2.34. The summed E-state index contributed by atoms with van der Waals surface area (Å²) >= 11 is 0. The predicted molar refractivity (Wildman–Crippen MR) is 106 cm³/mol. The minimum Gasteiger partial charge on any atom is -0.497 e. The van der Waals surface area contributed by atoms with E-state index in [4.69, 9.17) is 14.5 Å². The Labute approximate surface area is 169 Å². The fourth-order valence-electron chi connectivity index (χ4n) is 3.90. The van der Waals surface area contributed by atoms with Gasteiger partial charge in [-0.15, -0.1) is 0 Å². The number of carbonyl (C=O) groups excluding carboxylic acids is 2. The van der Waals surface area contributed by atoms with Crippen molar-refractivity contribution >= 4 is 17.9 Å². The monoisotopic (exact) mass is 399 g/mol. The van der Waals surface area contributed by atoms with Gasteiger partial charge in [-0.3, -0.25) is 9.69 Å². The second-order valence-corrected chi connectivity index (χ2v) is 7.28. The lowest BCUT2D eigenvalue weighted by atomic mass is 10.1. The zero-order valence-corrected chi connectivity index (χ0v) is 17.0. The fourth-order valence-corrected chi connectivity index (χ4v) is 3.90. The van der Waals surface area contributed by atoms with E-state index < -0.39 is 12.2 Å². The summed E-state index contributed by atoms with van der Waals surface area (Å²) in [5.74, 6) is 1.24. The van der Waals surface area contributed by atoms with Crippen molar-refractivity contribution in [3.63, 3.8) is 0 Å². The number of urea groups is 1. The molecular formula is C20H25N5O4. The summed E-state index contributed by atoms with van der Waals surface area (Å²) < 4.78 is 10.3. The molecule has 1 aromatic rings. The number of aliphatic imine (C=N–C) groups is 1. The molecule has 0 radical (unpaired) electrons. The summed E-state index contributed by atoms with van der Waals surface area (Å²) in [4.78, 5) is 37.2. The summed E-state index contributed by atoms with van der Waals surface area (Å²) in [6.07, 6.45) is 1.40. The SMILES string of the molecule is COCCN1C(=O)C2C(N=C3N(Cc4ccc(OC)cc4)C(C)=CN32)N(C)C1=O. The molecule has 0 spiro atoms. The van der Waals surface area contributed by atoms with Crippen molar-refractivity contribution < 1.29 is 19.1 Å². The number of imide groups is 1. The third-order valence-corrected chi connectivity index (χ3v) is 5.52. The van der Waals surface area contributed by atoms with Gasteiger partial charge in [0.05, 0.1) is 26.8 Å². The normalized spacial score (nSPS) is 23.3. The molecular weight excluding hydrogens is 374 g/mol. The standard InChI is InChI=1S/C20H25N5O4/c1-13-11-25-16-17(22(2)20(27)23(18(16)26)9-10-28-3)21-19(25)24(13)12-14-5-7-15(29-4)8-6-14/h5-8,11,16-17H,9-10,12H2,1-4H3. The number of hydrogen-bond acceptors (Lipinski definition) is 7. The van der Waals surface area contributed by atoms with Crippen LogP contribution in [0.2, 0.25) is 0 Å². The number of carbonyl (C=O) groups is 2. The molecule has 0 saturated carbocycles. The van der Waals surface area contributed by atoms with E-state index in [2.05, 4.69) is 4.90 Å². The average Bonchev–Trinajstić information content (AvgIpc) is 3.23. The van der Waals surface area contributed by atoms with Crippen LogP contribution in [0.15, 0.2) is 41.2 Å². The Bertz CT molecular complexity index is 881. The Balaban J connectivity index is 1.58. The Morgan fingerprint density at radius 2 is 1.83 bits per heavy atom. The number of nitrogens with zero attached hydrogens (tertiary/aromatic N) is 5. The smallest absolute Gasteiger partial charge is 0.328 e. The van der Waals surface area contributed by atoms with Crippen LogP contribution in [0.4, 0.5) is 4.79 Å². The topological polar surface area (TPSA) is 77.9 Å². The van der Waals surface area contributed by atoms with E-state index >= 15 is 0 Å². The van der Waals surface area contributed by atoms with Gasteiger partial charge in [0, 0.05) is 26.1 Å². The first-order valence-corrected chi connectivity index (χ1v) is 9.48. The fraction of sp³-hybridized carbons (Fsp3) is 0.450. The van der Waals surface area contributed by atoms with Crippen molar-refractivity contribution in [1.82, 2.24) is 19.6 Å². The second kappa shape index (κ2) is 7.40. The maximum Gasteiger partial charge on any atom is 0.328 e. The zero-order chi connectivity index (χ0) is 20.7. The molecule has 0 bridgehead atoms. The number of likely N-dealkylation sites (N-methyl/N-ethyl adjacent to an activating group) is 1. The van der Waals surface area contributed by atoms with Gasteiger partial charge >= 0.3 is 6.03 Å². The molecule has 0 N–H and O–H groups in total. The quantitative estimate of drug-likeness (QED) is 0.717. The lowest BCUT2D eigenvalue weighted by molar-refractivity contribution is -0.137. The molecule has 0 aliphatic carbocycles. The molecule has 2 atom stereocenters. The first kappa shape index (κ1) is 19.3. The first-order chi connectivity index (χ1) is 14.0. The summed E-state index contributed by atoms with van der Waals surface area (Å²) in [6.45, 7) is 3.13. The summed E-state index contributed by atoms with van der Waals surface area (Å²) in [6, 6.07) is 6.95. The molecule has 2 unspecified atom stereocenters. The van der Waals surface area contributed by atoms with E-state index in [1.807, 2.05) is 42.3 Å². The number of amides is 3. The second-order valence-electron chi connectivity index (χ2n) is 7.28. The van der Waals surface area contributed by atoms with E-state index in [9.17, 15) is 9.59 Å². The van der Waals surface area contributed by atoms with Crippen LogP contribution in [-0.4, -0.2) is 84.1 Å². The lowest BCUT2D eigenvalue weighted by Crippen LogP contribution is -2.64. The lowest BCUT2D eigenvalue weighted by Gasteiger charge is -2.40. The number of guanidine groups is 1. The van der Waals surface area contributed by atoms with Crippen LogP contribution in [0.3, 0.4) is 0 Å². The number of fused-ring (bicyclic) bond motifs is 3. The number of allylic oxidation sites excluding steroid dienone is 1. The van der Waals surface area contributed by atoms with E-state index in [-0.39, 0.29) is 18.5 Å². The largest absolute Gasteiger partial charge is 0.497 e. The van der Waals surface area contributed by atoms with Gasteiger partial charge < -0.3 is 24.2 Å². The van der Waals surface area contributed by atoms with Crippen LogP contribution in [-0.2, 0) is 16.1 Å². The number of hydrogen-bond donors (Lipinski definition) is 0. The van der Waals surface area contributed by atoms with Gasteiger partial charge in [0.2, 0.25) is 5.96 Å². The number of benzene rings is 1. The van der Waals surface area contributed by atoms with Crippen LogP contribution < -0.4 is 4.74 Å². The highest BCUT2D eigenvalue weighted by molar-refractivity contribution is 6.04. The van der Waals surface area contributed by atoms with E-state index in [0.29, 0.717) is 19.1 Å².